The summed E-state index contributed by atoms with van der Waals surface area (Å²) in [5.41, 5.74) is 0.883. The second kappa shape index (κ2) is 10.9. The number of allylic oxidation sites excluding steroid dienone is 3. The number of aryl methyl sites for hydroxylation is 1. The summed E-state index contributed by atoms with van der Waals surface area (Å²) in [5, 5.41) is 1.50. The smallest absolute Gasteiger partial charge is 0.491 e. The molecule has 8 nitrogen and oxygen atoms in total. The van der Waals surface area contributed by atoms with Gasteiger partial charge in [0, 0.05) is 12.3 Å². The number of benzene rings is 1. The van der Waals surface area contributed by atoms with E-state index in [0.717, 1.165) is 17.3 Å². The first-order valence-electron chi connectivity index (χ1n) is 10.9. The molecule has 0 saturated carbocycles. The zero-order valence-electron chi connectivity index (χ0n) is 18.4. The van der Waals surface area contributed by atoms with Gasteiger partial charge in [-0.25, -0.2) is 9.18 Å². The molecule has 0 radical (unpaired) electrons. The number of imide groups is 1. The molecule has 180 valence electrons. The van der Waals surface area contributed by atoms with Crippen LogP contribution in [0, 0.1) is 5.92 Å². The third kappa shape index (κ3) is 5.87. The van der Waals surface area contributed by atoms with Crippen molar-refractivity contribution in [1.29, 1.82) is 0 Å². The van der Waals surface area contributed by atoms with Gasteiger partial charge in [-0.05, 0) is 24.1 Å². The van der Waals surface area contributed by atoms with Gasteiger partial charge >= 0.3 is 5.82 Å². The fraction of sp³-hybridized carbons (Fsp3) is 0.375. The predicted molar refractivity (Wildman–Crippen MR) is 122 cm³/mol. The number of halogens is 1. The van der Waals surface area contributed by atoms with Crippen LogP contribution in [0.2, 0.25) is 0 Å². The van der Waals surface area contributed by atoms with E-state index in [4.69, 9.17) is 18.3 Å². The highest BCUT2D eigenvalue weighted by molar-refractivity contribution is 8.15. The van der Waals surface area contributed by atoms with E-state index in [0.29, 0.717) is 24.4 Å². The molecule has 4 atom stereocenters. The topological polar surface area (TPSA) is 108 Å². The lowest BCUT2D eigenvalue weighted by Crippen LogP contribution is -2.35. The standard InChI is InChI=1S/C24H24FNO7S/c1-2-18-20(33-24(29)32-18)13-31-19(16-5-3-4-6-17(16)25)12-30-15-9-7-14(8-10-15)11-21-22(27)26-23(28)34-21/h3-10,16-17,19,21H,2,11-13H2,1H3,(H,26,27,28). The third-order valence-electron chi connectivity index (χ3n) is 5.54. The summed E-state index contributed by atoms with van der Waals surface area (Å²) in [4.78, 5) is 34.5. The maximum absolute atomic E-state index is 14.6. The Morgan fingerprint density at radius 1 is 1.09 bits per heavy atom. The predicted octanol–water partition coefficient (Wildman–Crippen LogP) is 3.73. The summed E-state index contributed by atoms with van der Waals surface area (Å²) < 4.78 is 36.4. The molecule has 0 spiro atoms. The maximum atomic E-state index is 14.6. The molecule has 1 aromatic carbocycles. The number of ether oxygens (including phenoxy) is 2. The van der Waals surface area contributed by atoms with Gasteiger partial charge in [0.05, 0.1) is 5.25 Å². The van der Waals surface area contributed by atoms with Crippen molar-refractivity contribution >= 4 is 22.9 Å². The molecule has 2 aliphatic rings. The summed E-state index contributed by atoms with van der Waals surface area (Å²) in [5.74, 6) is -0.447. The van der Waals surface area contributed by atoms with Gasteiger partial charge in [-0.15, -0.1) is 0 Å². The molecule has 1 aliphatic carbocycles. The highest BCUT2D eigenvalue weighted by Gasteiger charge is 2.32. The number of nitrogens with one attached hydrogen (secondary N) is 1. The number of carbonyl (C=O) groups is 2. The molecular formula is C24H24FNO7S. The lowest BCUT2D eigenvalue weighted by molar-refractivity contribution is -0.118. The van der Waals surface area contributed by atoms with Gasteiger partial charge in [-0.1, -0.05) is 55.1 Å². The number of carbonyl (C=O) groups excluding carboxylic acids is 2. The van der Waals surface area contributed by atoms with Gasteiger partial charge in [0.25, 0.3) is 5.24 Å². The molecule has 1 aliphatic heterocycles. The lowest BCUT2D eigenvalue weighted by Gasteiger charge is -2.27. The van der Waals surface area contributed by atoms with Crippen LogP contribution in [-0.4, -0.2) is 35.3 Å². The fourth-order valence-electron chi connectivity index (χ4n) is 3.74. The Labute approximate surface area is 199 Å². The molecule has 4 rings (SSSR count). The molecule has 1 N–H and O–H groups in total. The fourth-order valence-corrected chi connectivity index (χ4v) is 4.60. The van der Waals surface area contributed by atoms with E-state index >= 15 is 0 Å². The maximum Gasteiger partial charge on any atom is 0.519 e. The molecule has 10 heteroatoms. The Balaban J connectivity index is 1.39. The van der Waals surface area contributed by atoms with Crippen molar-refractivity contribution < 1.29 is 32.3 Å². The van der Waals surface area contributed by atoms with E-state index in [1.807, 2.05) is 19.1 Å². The van der Waals surface area contributed by atoms with Gasteiger partial charge in [0.2, 0.25) is 5.91 Å². The summed E-state index contributed by atoms with van der Waals surface area (Å²) in [6, 6.07) is 7.13. The second-order valence-corrected chi connectivity index (χ2v) is 9.01. The molecular weight excluding hydrogens is 465 g/mol. The number of rotatable bonds is 10. The molecule has 1 saturated heterocycles. The van der Waals surface area contributed by atoms with E-state index in [2.05, 4.69) is 5.32 Å². The molecule has 2 heterocycles. The van der Waals surface area contributed by atoms with Gasteiger partial charge in [-0.3, -0.25) is 14.9 Å². The van der Waals surface area contributed by atoms with Crippen molar-refractivity contribution in [2.24, 2.45) is 5.92 Å². The summed E-state index contributed by atoms with van der Waals surface area (Å²) in [7, 11) is 0. The minimum Gasteiger partial charge on any atom is -0.491 e. The number of hydrogen-bond donors (Lipinski definition) is 1. The lowest BCUT2D eigenvalue weighted by atomic mass is 9.93. The Hall–Kier alpha value is -3.11. The Kier molecular flexibility index (Phi) is 7.69. The molecule has 2 amide bonds. The Morgan fingerprint density at radius 3 is 2.50 bits per heavy atom. The van der Waals surface area contributed by atoms with Gasteiger partial charge in [0.15, 0.2) is 11.5 Å². The van der Waals surface area contributed by atoms with Crippen LogP contribution in [0.5, 0.6) is 5.75 Å². The number of thioether (sulfide) groups is 1. The molecule has 1 fully saturated rings. The minimum atomic E-state index is -1.25. The first-order valence-corrected chi connectivity index (χ1v) is 11.8. The van der Waals surface area contributed by atoms with Crippen molar-refractivity contribution in [3.63, 3.8) is 0 Å². The number of alkyl halides is 1. The Morgan fingerprint density at radius 2 is 1.82 bits per heavy atom. The van der Waals surface area contributed by atoms with E-state index in [-0.39, 0.29) is 30.1 Å². The highest BCUT2D eigenvalue weighted by Crippen LogP contribution is 2.26. The largest absolute Gasteiger partial charge is 0.519 e. The normalized spacial score (nSPS) is 22.7. The zero-order chi connectivity index (χ0) is 24.1. The van der Waals surface area contributed by atoms with Crippen LogP contribution in [-0.2, 0) is 29.0 Å². The quantitative estimate of drug-likeness (QED) is 0.538. The van der Waals surface area contributed by atoms with Crippen molar-refractivity contribution in [3.05, 3.63) is 76.3 Å². The Bertz CT molecular complexity index is 1140. The van der Waals surface area contributed by atoms with E-state index in [1.54, 1.807) is 30.4 Å². The number of hydrogen-bond acceptors (Lipinski definition) is 8. The van der Waals surface area contributed by atoms with Crippen LogP contribution >= 0.6 is 11.8 Å². The van der Waals surface area contributed by atoms with Crippen LogP contribution < -0.4 is 15.9 Å². The monoisotopic (exact) mass is 489 g/mol. The first-order chi connectivity index (χ1) is 16.4. The van der Waals surface area contributed by atoms with Gasteiger partial charge in [0.1, 0.15) is 31.2 Å². The van der Waals surface area contributed by atoms with Crippen LogP contribution in [0.1, 0.15) is 24.0 Å². The third-order valence-corrected chi connectivity index (χ3v) is 6.52. The molecule has 2 aromatic rings. The molecule has 0 bridgehead atoms. The van der Waals surface area contributed by atoms with Gasteiger partial charge in [-0.2, -0.15) is 0 Å². The highest BCUT2D eigenvalue weighted by atomic mass is 32.2. The summed E-state index contributed by atoms with van der Waals surface area (Å²) in [6.45, 7) is 1.83. The minimum absolute atomic E-state index is 0.0531. The van der Waals surface area contributed by atoms with E-state index < -0.39 is 29.3 Å². The van der Waals surface area contributed by atoms with E-state index in [9.17, 15) is 18.8 Å². The summed E-state index contributed by atoms with van der Waals surface area (Å²) >= 11 is 0.982. The van der Waals surface area contributed by atoms with E-state index in [1.165, 1.54) is 6.08 Å². The van der Waals surface area contributed by atoms with Gasteiger partial charge < -0.3 is 18.3 Å². The average Bonchev–Trinajstić information content (AvgIpc) is 3.35. The molecule has 34 heavy (non-hydrogen) atoms. The molecule has 1 aromatic heterocycles. The van der Waals surface area contributed by atoms with Crippen molar-refractivity contribution in [2.45, 2.75) is 43.9 Å². The number of amides is 2. The molecule has 4 unspecified atom stereocenters. The van der Waals surface area contributed by atoms with Crippen molar-refractivity contribution in [1.82, 2.24) is 5.32 Å². The average molecular weight is 490 g/mol. The van der Waals surface area contributed by atoms with Crippen LogP contribution in [0.4, 0.5) is 9.18 Å². The van der Waals surface area contributed by atoms with Crippen LogP contribution in [0.15, 0.2) is 62.2 Å². The van der Waals surface area contributed by atoms with Crippen LogP contribution in [0.3, 0.4) is 0 Å². The SMILES string of the molecule is CCc1oc(=O)oc1COC(COc1ccc(CC2SC(=O)NC2=O)cc1)C1C=CC=CC1F. The first kappa shape index (κ1) is 24.0. The second-order valence-electron chi connectivity index (χ2n) is 7.84. The van der Waals surface area contributed by atoms with Crippen LogP contribution in [0.25, 0.3) is 0 Å². The summed E-state index contributed by atoms with van der Waals surface area (Å²) in [6.07, 6.45) is 5.54. The zero-order valence-corrected chi connectivity index (χ0v) is 19.2. The van der Waals surface area contributed by atoms with Crippen molar-refractivity contribution in [3.8, 4) is 5.75 Å². The van der Waals surface area contributed by atoms with Crippen molar-refractivity contribution in [2.75, 3.05) is 6.61 Å².